The molecule has 1 amide bonds. The van der Waals surface area contributed by atoms with Gasteiger partial charge < -0.3 is 10.2 Å². The van der Waals surface area contributed by atoms with Gasteiger partial charge >= 0.3 is 0 Å². The number of hydrogen-bond donors (Lipinski definition) is 1. The first-order chi connectivity index (χ1) is 6.61. The molecule has 1 unspecified atom stereocenters. The van der Waals surface area contributed by atoms with Gasteiger partial charge in [0.15, 0.2) is 0 Å². The third kappa shape index (κ3) is 3.12. The van der Waals surface area contributed by atoms with Crippen molar-refractivity contribution in [3.05, 3.63) is 22.4 Å². The quantitative estimate of drug-likeness (QED) is 0.820. The van der Waals surface area contributed by atoms with Crippen LogP contribution in [0.25, 0.3) is 0 Å². The fourth-order valence-corrected chi connectivity index (χ4v) is 2.01. The van der Waals surface area contributed by atoms with Crippen molar-refractivity contribution in [2.24, 2.45) is 0 Å². The third-order valence-electron chi connectivity index (χ3n) is 2.10. The highest BCUT2D eigenvalue weighted by Gasteiger charge is 2.14. The van der Waals surface area contributed by atoms with E-state index in [1.165, 1.54) is 5.56 Å². The zero-order valence-corrected chi connectivity index (χ0v) is 9.60. The van der Waals surface area contributed by atoms with Gasteiger partial charge in [0.1, 0.15) is 0 Å². The second-order valence-corrected chi connectivity index (χ2v) is 4.25. The van der Waals surface area contributed by atoms with Crippen molar-refractivity contribution in [3.8, 4) is 0 Å². The summed E-state index contributed by atoms with van der Waals surface area (Å²) in [5, 5.41) is 7.01. The number of nitrogens with one attached hydrogen (secondary N) is 1. The predicted molar refractivity (Wildman–Crippen MR) is 59.4 cm³/mol. The van der Waals surface area contributed by atoms with Crippen LogP contribution in [0.1, 0.15) is 18.5 Å². The Balaban J connectivity index is 2.61. The number of likely N-dealkylation sites (N-methyl/N-ethyl adjacent to an activating group) is 1. The van der Waals surface area contributed by atoms with E-state index in [9.17, 15) is 4.79 Å². The van der Waals surface area contributed by atoms with E-state index < -0.39 is 0 Å². The summed E-state index contributed by atoms with van der Waals surface area (Å²) in [5.74, 6) is 0.0204. The zero-order chi connectivity index (χ0) is 10.6. The molecule has 0 aliphatic carbocycles. The van der Waals surface area contributed by atoms with Crippen LogP contribution in [0.5, 0.6) is 0 Å². The summed E-state index contributed by atoms with van der Waals surface area (Å²) in [6, 6.07) is 2.36. The van der Waals surface area contributed by atoms with Gasteiger partial charge in [-0.25, -0.2) is 0 Å². The van der Waals surface area contributed by atoms with E-state index in [1.54, 1.807) is 18.3 Å². The number of hydrogen-bond acceptors (Lipinski definition) is 3. The molecular weight excluding hydrogens is 196 g/mol. The fourth-order valence-electron chi connectivity index (χ4n) is 1.30. The topological polar surface area (TPSA) is 32.3 Å². The molecule has 1 aromatic rings. The number of rotatable bonds is 4. The standard InChI is InChI=1S/C10H16N2OS/c1-8(13)11-6-10(12(2)3)9-4-5-14-7-9/h4-5,7,10H,6H2,1-3H3,(H,11,13). The lowest BCUT2D eigenvalue weighted by Crippen LogP contribution is -2.33. The van der Waals surface area contributed by atoms with E-state index in [0.717, 1.165) is 0 Å². The average Bonchev–Trinajstić information content (AvgIpc) is 2.56. The van der Waals surface area contributed by atoms with Gasteiger partial charge in [-0.2, -0.15) is 11.3 Å². The van der Waals surface area contributed by atoms with Crippen LogP contribution in [0, 0.1) is 0 Å². The predicted octanol–water partition coefficient (Wildman–Crippen LogP) is 1.49. The van der Waals surface area contributed by atoms with Crippen LogP contribution < -0.4 is 5.32 Å². The molecule has 3 nitrogen and oxygen atoms in total. The first-order valence-corrected chi connectivity index (χ1v) is 5.48. The van der Waals surface area contributed by atoms with Crippen molar-refractivity contribution in [1.82, 2.24) is 10.2 Å². The maximum absolute atomic E-state index is 10.8. The van der Waals surface area contributed by atoms with Gasteiger partial charge in [0.2, 0.25) is 5.91 Å². The van der Waals surface area contributed by atoms with Gasteiger partial charge in [-0.3, -0.25) is 4.79 Å². The summed E-state index contributed by atoms with van der Waals surface area (Å²) in [5.41, 5.74) is 1.26. The summed E-state index contributed by atoms with van der Waals surface area (Å²) in [7, 11) is 4.04. The van der Waals surface area contributed by atoms with Crippen LogP contribution in [0.2, 0.25) is 0 Å². The number of carbonyl (C=O) groups excluding carboxylic acids is 1. The van der Waals surface area contributed by atoms with Crippen molar-refractivity contribution >= 4 is 17.2 Å². The van der Waals surface area contributed by atoms with Crippen molar-refractivity contribution in [3.63, 3.8) is 0 Å². The molecule has 0 fully saturated rings. The minimum absolute atomic E-state index is 0.0204. The van der Waals surface area contributed by atoms with Gasteiger partial charge in [0, 0.05) is 13.5 Å². The molecule has 0 aliphatic heterocycles. The van der Waals surface area contributed by atoms with E-state index in [4.69, 9.17) is 0 Å². The summed E-state index contributed by atoms with van der Waals surface area (Å²) < 4.78 is 0. The maximum Gasteiger partial charge on any atom is 0.216 e. The van der Waals surface area contributed by atoms with Gasteiger partial charge in [0.25, 0.3) is 0 Å². The molecule has 0 radical (unpaired) electrons. The van der Waals surface area contributed by atoms with Crippen LogP contribution in [0.4, 0.5) is 0 Å². The van der Waals surface area contributed by atoms with Crippen molar-refractivity contribution in [2.75, 3.05) is 20.6 Å². The lowest BCUT2D eigenvalue weighted by molar-refractivity contribution is -0.119. The highest BCUT2D eigenvalue weighted by molar-refractivity contribution is 7.07. The van der Waals surface area contributed by atoms with Crippen LogP contribution >= 0.6 is 11.3 Å². The Morgan fingerprint density at radius 2 is 2.36 bits per heavy atom. The number of carbonyl (C=O) groups is 1. The summed E-state index contributed by atoms with van der Waals surface area (Å²) in [6.45, 7) is 2.21. The largest absolute Gasteiger partial charge is 0.354 e. The molecule has 0 spiro atoms. The van der Waals surface area contributed by atoms with Crippen LogP contribution in [-0.2, 0) is 4.79 Å². The van der Waals surface area contributed by atoms with Crippen molar-refractivity contribution in [1.29, 1.82) is 0 Å². The molecule has 0 aromatic carbocycles. The Bertz CT molecular complexity index is 282. The molecule has 1 rings (SSSR count). The molecule has 14 heavy (non-hydrogen) atoms. The molecular formula is C10H16N2OS. The number of amides is 1. The maximum atomic E-state index is 10.8. The highest BCUT2D eigenvalue weighted by Crippen LogP contribution is 2.19. The minimum Gasteiger partial charge on any atom is -0.354 e. The first kappa shape index (κ1) is 11.2. The minimum atomic E-state index is 0.0204. The van der Waals surface area contributed by atoms with E-state index in [2.05, 4.69) is 27.0 Å². The first-order valence-electron chi connectivity index (χ1n) is 4.54. The van der Waals surface area contributed by atoms with E-state index in [1.807, 2.05) is 14.1 Å². The summed E-state index contributed by atoms with van der Waals surface area (Å²) in [4.78, 5) is 12.9. The Kier molecular flexibility index (Phi) is 4.10. The Morgan fingerprint density at radius 3 is 2.79 bits per heavy atom. The second kappa shape index (κ2) is 5.12. The normalized spacial score (nSPS) is 12.9. The van der Waals surface area contributed by atoms with Gasteiger partial charge in [-0.1, -0.05) is 0 Å². The monoisotopic (exact) mass is 212 g/mol. The van der Waals surface area contributed by atoms with Crippen molar-refractivity contribution < 1.29 is 4.79 Å². The van der Waals surface area contributed by atoms with Gasteiger partial charge in [0.05, 0.1) is 6.04 Å². The Labute approximate surface area is 88.7 Å². The van der Waals surface area contributed by atoms with Crippen LogP contribution in [0.15, 0.2) is 16.8 Å². The van der Waals surface area contributed by atoms with Crippen LogP contribution in [0.3, 0.4) is 0 Å². The molecule has 1 heterocycles. The lowest BCUT2D eigenvalue weighted by atomic mass is 10.1. The average molecular weight is 212 g/mol. The highest BCUT2D eigenvalue weighted by atomic mass is 32.1. The van der Waals surface area contributed by atoms with E-state index >= 15 is 0 Å². The molecule has 1 N–H and O–H groups in total. The second-order valence-electron chi connectivity index (χ2n) is 3.47. The lowest BCUT2D eigenvalue weighted by Gasteiger charge is -2.23. The smallest absolute Gasteiger partial charge is 0.216 e. The molecule has 4 heteroatoms. The molecule has 0 aliphatic rings. The third-order valence-corrected chi connectivity index (χ3v) is 2.80. The van der Waals surface area contributed by atoms with Crippen molar-refractivity contribution in [2.45, 2.75) is 13.0 Å². The van der Waals surface area contributed by atoms with Gasteiger partial charge in [-0.15, -0.1) is 0 Å². The zero-order valence-electron chi connectivity index (χ0n) is 8.78. The molecule has 0 saturated heterocycles. The Morgan fingerprint density at radius 1 is 1.64 bits per heavy atom. The van der Waals surface area contributed by atoms with E-state index in [0.29, 0.717) is 6.54 Å². The number of nitrogens with zero attached hydrogens (tertiary/aromatic N) is 1. The molecule has 1 aromatic heterocycles. The summed E-state index contributed by atoms with van der Waals surface area (Å²) in [6.07, 6.45) is 0. The van der Waals surface area contributed by atoms with E-state index in [-0.39, 0.29) is 11.9 Å². The number of thiophene rings is 1. The molecule has 78 valence electrons. The van der Waals surface area contributed by atoms with Crippen LogP contribution in [-0.4, -0.2) is 31.4 Å². The summed E-state index contributed by atoms with van der Waals surface area (Å²) >= 11 is 1.68. The molecule has 1 atom stereocenters. The fraction of sp³-hybridized carbons (Fsp3) is 0.500. The molecule has 0 saturated carbocycles. The Hall–Kier alpha value is -0.870. The van der Waals surface area contributed by atoms with Gasteiger partial charge in [-0.05, 0) is 36.5 Å². The molecule has 0 bridgehead atoms. The SMILES string of the molecule is CC(=O)NCC(c1ccsc1)N(C)C.